The maximum atomic E-state index is 6.08. The molecule has 0 aromatic carbocycles. The average molecular weight is 227 g/mol. The van der Waals surface area contributed by atoms with E-state index >= 15 is 0 Å². The quantitative estimate of drug-likeness (QED) is 0.793. The van der Waals surface area contributed by atoms with Crippen molar-refractivity contribution < 1.29 is 4.74 Å². The van der Waals surface area contributed by atoms with Gasteiger partial charge in [0.25, 0.3) is 0 Å². The monoisotopic (exact) mass is 226 g/mol. The van der Waals surface area contributed by atoms with Crippen LogP contribution in [0, 0.1) is 6.92 Å². The number of hydrogen-bond acceptors (Lipinski definition) is 3. The van der Waals surface area contributed by atoms with Gasteiger partial charge in [0, 0.05) is 24.5 Å². The summed E-state index contributed by atoms with van der Waals surface area (Å²) in [4.78, 5) is 4.24. The van der Waals surface area contributed by atoms with Crippen LogP contribution in [0.25, 0.3) is 0 Å². The van der Waals surface area contributed by atoms with E-state index in [2.05, 4.69) is 16.4 Å². The van der Waals surface area contributed by atoms with Crippen molar-refractivity contribution in [3.05, 3.63) is 29.6 Å². The van der Waals surface area contributed by atoms with E-state index < -0.39 is 0 Å². The van der Waals surface area contributed by atoms with Crippen molar-refractivity contribution in [1.29, 1.82) is 0 Å². The van der Waals surface area contributed by atoms with Gasteiger partial charge in [-0.1, -0.05) is 6.07 Å². The van der Waals surface area contributed by atoms with Crippen molar-refractivity contribution in [2.24, 2.45) is 0 Å². The molecule has 2 atom stereocenters. The number of aryl methyl sites for hydroxylation is 1. The summed E-state index contributed by atoms with van der Waals surface area (Å²) in [6.45, 7) is 4.16. The molecule has 3 nitrogen and oxygen atoms in total. The van der Waals surface area contributed by atoms with Crippen LogP contribution in [0.2, 0.25) is 0 Å². The highest BCUT2D eigenvalue weighted by molar-refractivity contribution is 6.21. The lowest BCUT2D eigenvalue weighted by Gasteiger charge is -2.14. The van der Waals surface area contributed by atoms with Crippen LogP contribution in [0.1, 0.15) is 11.3 Å². The smallest absolute Gasteiger partial charge is 0.0745 e. The number of rotatable bonds is 3. The lowest BCUT2D eigenvalue weighted by atomic mass is 10.2. The Morgan fingerprint density at radius 3 is 3.13 bits per heavy atom. The molecule has 1 aromatic rings. The minimum Gasteiger partial charge on any atom is -0.378 e. The molecular weight excluding hydrogens is 212 g/mol. The Hall–Kier alpha value is -0.640. The van der Waals surface area contributed by atoms with E-state index in [4.69, 9.17) is 16.3 Å². The second-order valence-corrected chi connectivity index (χ2v) is 4.35. The van der Waals surface area contributed by atoms with Crippen LogP contribution in [-0.4, -0.2) is 29.6 Å². The number of alkyl halides is 1. The maximum Gasteiger partial charge on any atom is 0.0745 e. The van der Waals surface area contributed by atoms with Gasteiger partial charge < -0.3 is 10.1 Å². The van der Waals surface area contributed by atoms with Crippen LogP contribution in [0.4, 0.5) is 0 Å². The molecule has 0 bridgehead atoms. The normalized spacial score (nSPS) is 25.7. The summed E-state index contributed by atoms with van der Waals surface area (Å²) in [5.74, 6) is 0. The summed E-state index contributed by atoms with van der Waals surface area (Å²) in [7, 11) is 0. The van der Waals surface area contributed by atoms with E-state index in [-0.39, 0.29) is 11.4 Å². The highest BCUT2D eigenvalue weighted by atomic mass is 35.5. The van der Waals surface area contributed by atoms with Crippen LogP contribution in [-0.2, 0) is 11.3 Å². The van der Waals surface area contributed by atoms with E-state index in [1.54, 1.807) is 0 Å². The number of aromatic nitrogens is 1. The third-order valence-corrected chi connectivity index (χ3v) is 3.11. The largest absolute Gasteiger partial charge is 0.378 e. The molecule has 1 aromatic heterocycles. The zero-order valence-electron chi connectivity index (χ0n) is 8.74. The van der Waals surface area contributed by atoms with Crippen molar-refractivity contribution in [2.45, 2.75) is 24.9 Å². The number of ether oxygens (including phenoxy) is 1. The summed E-state index contributed by atoms with van der Waals surface area (Å²) >= 11 is 6.08. The minimum absolute atomic E-state index is 0.0852. The van der Waals surface area contributed by atoms with E-state index in [0.717, 1.165) is 12.2 Å². The van der Waals surface area contributed by atoms with Gasteiger partial charge >= 0.3 is 0 Å². The first-order valence-corrected chi connectivity index (χ1v) is 5.56. The van der Waals surface area contributed by atoms with E-state index in [0.29, 0.717) is 13.2 Å². The third kappa shape index (κ3) is 2.68. The molecule has 0 aliphatic carbocycles. The summed E-state index contributed by atoms with van der Waals surface area (Å²) in [5.41, 5.74) is 2.28. The molecule has 15 heavy (non-hydrogen) atoms. The first-order chi connectivity index (χ1) is 7.27. The molecular formula is C11H15ClN2O. The fourth-order valence-electron chi connectivity index (χ4n) is 1.66. The molecule has 0 amide bonds. The Kier molecular flexibility index (Phi) is 3.57. The Labute approximate surface area is 94.8 Å². The third-order valence-electron chi connectivity index (χ3n) is 2.68. The van der Waals surface area contributed by atoms with Crippen LogP contribution < -0.4 is 5.32 Å². The Morgan fingerprint density at radius 2 is 2.47 bits per heavy atom. The van der Waals surface area contributed by atoms with Crippen LogP contribution in [0.15, 0.2) is 18.3 Å². The fraction of sp³-hybridized carbons (Fsp3) is 0.545. The molecule has 1 fully saturated rings. The van der Waals surface area contributed by atoms with Gasteiger partial charge in [-0.15, -0.1) is 11.6 Å². The van der Waals surface area contributed by atoms with Gasteiger partial charge in [0.05, 0.1) is 18.6 Å². The van der Waals surface area contributed by atoms with Crippen LogP contribution in [0.5, 0.6) is 0 Å². The van der Waals surface area contributed by atoms with Crippen LogP contribution in [0.3, 0.4) is 0 Å². The molecule has 2 heterocycles. The number of nitrogens with one attached hydrogen (secondary N) is 1. The topological polar surface area (TPSA) is 34.2 Å². The Bertz CT molecular complexity index is 332. The van der Waals surface area contributed by atoms with Crippen molar-refractivity contribution in [3.8, 4) is 0 Å². The molecule has 2 unspecified atom stereocenters. The minimum atomic E-state index is 0.0852. The molecule has 2 rings (SSSR count). The van der Waals surface area contributed by atoms with E-state index in [1.165, 1.54) is 5.56 Å². The first-order valence-electron chi connectivity index (χ1n) is 5.13. The molecule has 4 heteroatoms. The predicted molar refractivity (Wildman–Crippen MR) is 60.1 cm³/mol. The van der Waals surface area contributed by atoms with Crippen LogP contribution >= 0.6 is 11.6 Å². The standard InChI is InChI=1S/C11H15ClN2O/c1-8-9(3-2-4-13-8)5-14-11-7-15-6-10(11)12/h2-4,10-11,14H,5-7H2,1H3. The average Bonchev–Trinajstić information content (AvgIpc) is 2.63. The first kappa shape index (κ1) is 10.9. The Morgan fingerprint density at radius 1 is 1.60 bits per heavy atom. The number of halogens is 1. The van der Waals surface area contributed by atoms with Gasteiger partial charge in [0.15, 0.2) is 0 Å². The summed E-state index contributed by atoms with van der Waals surface area (Å²) < 4.78 is 5.28. The zero-order valence-corrected chi connectivity index (χ0v) is 9.50. The van der Waals surface area contributed by atoms with Crippen molar-refractivity contribution in [1.82, 2.24) is 10.3 Å². The van der Waals surface area contributed by atoms with Gasteiger partial charge in [-0.05, 0) is 18.6 Å². The Balaban J connectivity index is 1.90. The van der Waals surface area contributed by atoms with Crippen molar-refractivity contribution in [3.63, 3.8) is 0 Å². The molecule has 1 N–H and O–H groups in total. The van der Waals surface area contributed by atoms with E-state index in [1.807, 2.05) is 19.2 Å². The molecule has 1 saturated heterocycles. The summed E-state index contributed by atoms with van der Waals surface area (Å²) in [5, 5.41) is 3.48. The molecule has 0 radical (unpaired) electrons. The molecule has 0 spiro atoms. The highest BCUT2D eigenvalue weighted by Gasteiger charge is 2.25. The van der Waals surface area contributed by atoms with Gasteiger partial charge in [0.2, 0.25) is 0 Å². The highest BCUT2D eigenvalue weighted by Crippen LogP contribution is 2.13. The maximum absolute atomic E-state index is 6.08. The van der Waals surface area contributed by atoms with Gasteiger partial charge in [0.1, 0.15) is 0 Å². The number of nitrogens with zero attached hydrogens (tertiary/aromatic N) is 1. The molecule has 1 aliphatic rings. The van der Waals surface area contributed by atoms with Gasteiger partial charge in [-0.3, -0.25) is 4.98 Å². The second kappa shape index (κ2) is 4.92. The SMILES string of the molecule is Cc1ncccc1CNC1COCC1Cl. The number of hydrogen-bond donors (Lipinski definition) is 1. The number of pyridine rings is 1. The lowest BCUT2D eigenvalue weighted by molar-refractivity contribution is 0.190. The molecule has 0 saturated carbocycles. The zero-order chi connectivity index (χ0) is 10.7. The molecule has 82 valence electrons. The summed E-state index contributed by atoms with van der Waals surface area (Å²) in [6.07, 6.45) is 1.81. The lowest BCUT2D eigenvalue weighted by Crippen LogP contribution is -2.35. The van der Waals surface area contributed by atoms with E-state index in [9.17, 15) is 0 Å². The predicted octanol–water partition coefficient (Wildman–Crippen LogP) is 1.49. The van der Waals surface area contributed by atoms with Gasteiger partial charge in [-0.2, -0.15) is 0 Å². The fourth-order valence-corrected chi connectivity index (χ4v) is 1.91. The van der Waals surface area contributed by atoms with Crippen molar-refractivity contribution >= 4 is 11.6 Å². The molecule has 1 aliphatic heterocycles. The van der Waals surface area contributed by atoms with Gasteiger partial charge in [-0.25, -0.2) is 0 Å². The second-order valence-electron chi connectivity index (χ2n) is 3.79. The summed E-state index contributed by atoms with van der Waals surface area (Å²) in [6, 6.07) is 4.29. The van der Waals surface area contributed by atoms with Crippen molar-refractivity contribution in [2.75, 3.05) is 13.2 Å².